The Bertz CT molecular complexity index is 2050. The lowest BCUT2D eigenvalue weighted by Gasteiger charge is -2.28. The first-order valence-electron chi connectivity index (χ1n) is 14.4. The molecule has 7 rings (SSSR count). The highest BCUT2D eigenvalue weighted by molar-refractivity contribution is 6.05. The summed E-state index contributed by atoms with van der Waals surface area (Å²) >= 11 is 0. The number of aliphatic hydroxyl groups excluding tert-OH is 1. The fourth-order valence-electron chi connectivity index (χ4n) is 5.33. The molecule has 0 saturated carbocycles. The molecule has 2 atom stereocenters. The molecule has 0 bridgehead atoms. The van der Waals surface area contributed by atoms with Crippen LogP contribution in [0.15, 0.2) is 73.1 Å². The molecule has 2 amide bonds. The van der Waals surface area contributed by atoms with Crippen molar-refractivity contribution in [1.29, 1.82) is 0 Å². The first kappa shape index (κ1) is 30.6. The quantitative estimate of drug-likeness (QED) is 0.220. The second-order valence-corrected chi connectivity index (χ2v) is 10.8. The Balaban J connectivity index is 0.000000259. The maximum absolute atomic E-state index is 15.0. The van der Waals surface area contributed by atoms with Crippen molar-refractivity contribution in [2.45, 2.75) is 25.1 Å². The number of aromatic nitrogens is 6. The zero-order valence-corrected chi connectivity index (χ0v) is 24.7. The number of nitrogens with two attached hydrogens (primary N) is 1. The fourth-order valence-corrected chi connectivity index (χ4v) is 5.33. The summed E-state index contributed by atoms with van der Waals surface area (Å²) in [7, 11) is 1.78. The van der Waals surface area contributed by atoms with Crippen LogP contribution in [-0.2, 0) is 18.3 Å². The topological polar surface area (TPSA) is 166 Å². The number of carbonyl (C=O) groups is 2. The van der Waals surface area contributed by atoms with Gasteiger partial charge in [0.1, 0.15) is 11.6 Å². The van der Waals surface area contributed by atoms with Crippen LogP contribution < -0.4 is 11.1 Å². The van der Waals surface area contributed by atoms with E-state index >= 15 is 0 Å². The molecular weight excluding hydrogens is 598 g/mol. The Morgan fingerprint density at radius 2 is 1.91 bits per heavy atom. The molecule has 3 aromatic heterocycles. The predicted molar refractivity (Wildman–Crippen MR) is 165 cm³/mol. The number of amides is 2. The van der Waals surface area contributed by atoms with Crippen LogP contribution in [0.25, 0.3) is 32.9 Å². The van der Waals surface area contributed by atoms with Crippen LogP contribution in [0.3, 0.4) is 0 Å². The van der Waals surface area contributed by atoms with E-state index in [1.807, 2.05) is 18.2 Å². The van der Waals surface area contributed by atoms with Gasteiger partial charge in [-0.2, -0.15) is 15.3 Å². The van der Waals surface area contributed by atoms with Crippen molar-refractivity contribution in [2.24, 2.45) is 12.8 Å². The van der Waals surface area contributed by atoms with Crippen LogP contribution in [0.5, 0.6) is 0 Å². The molecule has 3 aromatic carbocycles. The van der Waals surface area contributed by atoms with Gasteiger partial charge in [-0.1, -0.05) is 36.4 Å². The molecule has 14 heteroatoms. The van der Waals surface area contributed by atoms with E-state index in [9.17, 15) is 23.5 Å². The van der Waals surface area contributed by atoms with E-state index in [4.69, 9.17) is 10.5 Å². The number of aliphatic hydroxyl groups is 1. The molecular formula is C32H30F2N8O4. The molecule has 2 unspecified atom stereocenters. The number of para-hydroxylation sites is 1. The van der Waals surface area contributed by atoms with Gasteiger partial charge < -0.3 is 20.9 Å². The third-order valence-corrected chi connectivity index (χ3v) is 7.70. The SMILES string of the molecule is Cn1cc(-c2ccc(Cn3nc(C(=O)NC4CCOCC4O)c4c(F)cccc43)c(F)c2)cn1.NC(=O)c1n[nH]c2ccccc12. The Kier molecular flexibility index (Phi) is 8.55. The smallest absolute Gasteiger partial charge is 0.272 e. The zero-order valence-electron chi connectivity index (χ0n) is 24.7. The number of nitrogens with one attached hydrogen (secondary N) is 2. The molecule has 1 fully saturated rings. The van der Waals surface area contributed by atoms with Crippen molar-refractivity contribution in [1.82, 2.24) is 35.1 Å². The average Bonchev–Trinajstić information content (AvgIpc) is 3.77. The Labute approximate surface area is 260 Å². The number of fused-ring (bicyclic) bond motifs is 2. The molecule has 46 heavy (non-hydrogen) atoms. The first-order valence-corrected chi connectivity index (χ1v) is 14.4. The summed E-state index contributed by atoms with van der Waals surface area (Å²) < 4.78 is 38.0. The number of H-pyrrole nitrogens is 1. The summed E-state index contributed by atoms with van der Waals surface area (Å²) in [6, 6.07) is 16.1. The lowest BCUT2D eigenvalue weighted by Crippen LogP contribution is -2.48. The zero-order chi connectivity index (χ0) is 32.4. The molecule has 12 nitrogen and oxygen atoms in total. The van der Waals surface area contributed by atoms with Crippen LogP contribution in [0.2, 0.25) is 0 Å². The molecule has 1 aliphatic rings. The number of aromatic amines is 1. The highest BCUT2D eigenvalue weighted by atomic mass is 19.1. The second kappa shape index (κ2) is 12.9. The van der Waals surface area contributed by atoms with E-state index in [1.54, 1.807) is 48.4 Å². The van der Waals surface area contributed by atoms with E-state index < -0.39 is 35.6 Å². The summed E-state index contributed by atoms with van der Waals surface area (Å²) in [6.07, 6.45) is 3.02. The lowest BCUT2D eigenvalue weighted by atomic mass is 10.1. The molecule has 6 aromatic rings. The van der Waals surface area contributed by atoms with Crippen molar-refractivity contribution in [3.63, 3.8) is 0 Å². The van der Waals surface area contributed by atoms with Gasteiger partial charge in [0.2, 0.25) is 0 Å². The van der Waals surface area contributed by atoms with Gasteiger partial charge in [0, 0.05) is 36.4 Å². The molecule has 4 heterocycles. The van der Waals surface area contributed by atoms with Crippen molar-refractivity contribution >= 4 is 33.6 Å². The highest BCUT2D eigenvalue weighted by Gasteiger charge is 2.28. The lowest BCUT2D eigenvalue weighted by molar-refractivity contribution is -0.0261. The summed E-state index contributed by atoms with van der Waals surface area (Å²) in [4.78, 5) is 23.8. The number of rotatable bonds is 6. The first-order chi connectivity index (χ1) is 22.2. The Hall–Kier alpha value is -5.47. The minimum Gasteiger partial charge on any atom is -0.389 e. The van der Waals surface area contributed by atoms with E-state index in [-0.39, 0.29) is 24.2 Å². The molecule has 236 valence electrons. The van der Waals surface area contributed by atoms with Gasteiger partial charge in [0.05, 0.1) is 47.9 Å². The summed E-state index contributed by atoms with van der Waals surface area (Å²) in [5.41, 5.74) is 8.29. The van der Waals surface area contributed by atoms with E-state index in [1.165, 1.54) is 22.9 Å². The predicted octanol–water partition coefficient (Wildman–Crippen LogP) is 3.30. The summed E-state index contributed by atoms with van der Waals surface area (Å²) in [5.74, 6) is -2.16. The van der Waals surface area contributed by atoms with Gasteiger partial charge in [0.15, 0.2) is 11.4 Å². The maximum atomic E-state index is 15.0. The van der Waals surface area contributed by atoms with Crippen molar-refractivity contribution in [3.05, 3.63) is 102 Å². The summed E-state index contributed by atoms with van der Waals surface area (Å²) in [6.45, 7) is 0.523. The third-order valence-electron chi connectivity index (χ3n) is 7.70. The Morgan fingerprint density at radius 3 is 2.65 bits per heavy atom. The molecule has 0 spiro atoms. The van der Waals surface area contributed by atoms with Gasteiger partial charge in [-0.25, -0.2) is 8.78 Å². The number of halogens is 2. The van der Waals surface area contributed by atoms with Crippen molar-refractivity contribution < 1.29 is 28.2 Å². The van der Waals surface area contributed by atoms with Crippen molar-refractivity contribution in [3.8, 4) is 11.1 Å². The number of benzene rings is 3. The number of nitrogens with zero attached hydrogens (tertiary/aromatic N) is 5. The van der Waals surface area contributed by atoms with E-state index in [0.29, 0.717) is 35.4 Å². The number of primary amides is 1. The number of hydrogen-bond acceptors (Lipinski definition) is 7. The maximum Gasteiger partial charge on any atom is 0.272 e. The summed E-state index contributed by atoms with van der Waals surface area (Å²) in [5, 5.41) is 28.6. The largest absolute Gasteiger partial charge is 0.389 e. The Morgan fingerprint density at radius 1 is 1.09 bits per heavy atom. The molecule has 1 saturated heterocycles. The van der Waals surface area contributed by atoms with Crippen LogP contribution >= 0.6 is 0 Å². The van der Waals surface area contributed by atoms with Gasteiger partial charge in [0.25, 0.3) is 11.8 Å². The molecule has 1 aliphatic heterocycles. The van der Waals surface area contributed by atoms with Gasteiger partial charge in [-0.15, -0.1) is 0 Å². The fraction of sp³-hybridized carbons (Fsp3) is 0.219. The van der Waals surface area contributed by atoms with Crippen molar-refractivity contribution in [2.75, 3.05) is 13.2 Å². The number of ether oxygens (including phenoxy) is 1. The number of hydrogen-bond donors (Lipinski definition) is 4. The molecule has 5 N–H and O–H groups in total. The van der Waals surface area contributed by atoms with Gasteiger partial charge >= 0.3 is 0 Å². The average molecular weight is 629 g/mol. The number of carbonyl (C=O) groups excluding carboxylic acids is 2. The standard InChI is InChI=1S/C24H23F2N5O3.C8H7N3O/c1-30-11-16(10-27-30)14-5-6-15(18(26)9-14)12-31-20-4-2-3-17(25)22(20)23(29-31)24(33)28-19-7-8-34-13-21(19)32;9-8(12)7-5-3-1-2-4-6(5)10-11-7/h2-6,9-11,19,21,32H,7-8,12-13H2,1H3,(H,28,33);1-4H,(H2,9,12)(H,10,11). The minimum atomic E-state index is -0.858. The van der Waals surface area contributed by atoms with Crippen LogP contribution in [0, 0.1) is 11.6 Å². The van der Waals surface area contributed by atoms with Crippen LogP contribution in [0.4, 0.5) is 8.78 Å². The normalized spacial score (nSPS) is 16.3. The molecule has 0 radical (unpaired) electrons. The minimum absolute atomic E-state index is 0.00623. The van der Waals surface area contributed by atoms with Gasteiger partial charge in [-0.3, -0.25) is 24.1 Å². The van der Waals surface area contributed by atoms with Crippen LogP contribution in [-0.4, -0.2) is 72.0 Å². The van der Waals surface area contributed by atoms with Crippen LogP contribution in [0.1, 0.15) is 33.0 Å². The highest BCUT2D eigenvalue weighted by Crippen LogP contribution is 2.26. The van der Waals surface area contributed by atoms with E-state index in [0.717, 1.165) is 16.5 Å². The number of aryl methyl sites for hydroxylation is 1. The second-order valence-electron chi connectivity index (χ2n) is 10.8. The van der Waals surface area contributed by atoms with Gasteiger partial charge in [-0.05, 0) is 36.2 Å². The third kappa shape index (κ3) is 6.20. The van der Waals surface area contributed by atoms with E-state index in [2.05, 4.69) is 25.7 Å². The monoisotopic (exact) mass is 628 g/mol. The molecule has 0 aliphatic carbocycles.